The van der Waals surface area contributed by atoms with Crippen molar-refractivity contribution in [3.8, 4) is 22.4 Å². The summed E-state index contributed by atoms with van der Waals surface area (Å²) < 4.78 is 0. The van der Waals surface area contributed by atoms with Gasteiger partial charge in [-0.2, -0.15) is 0 Å². The van der Waals surface area contributed by atoms with E-state index in [2.05, 4.69) is 79.9 Å². The van der Waals surface area contributed by atoms with Crippen molar-refractivity contribution < 1.29 is 0 Å². The van der Waals surface area contributed by atoms with Crippen molar-refractivity contribution in [2.45, 2.75) is 38.5 Å². The minimum absolute atomic E-state index is 0.565. The van der Waals surface area contributed by atoms with Crippen LogP contribution in [0, 0.1) is 5.92 Å². The van der Waals surface area contributed by atoms with E-state index in [0.29, 0.717) is 5.92 Å². The van der Waals surface area contributed by atoms with Crippen LogP contribution in [0.1, 0.15) is 44.1 Å². The normalized spacial score (nSPS) is 16.0. The fraction of sp³-hybridized carbons (Fsp3) is 0.292. The molecule has 1 aliphatic rings. The molecular weight excluding hydrogens is 302 g/mol. The first kappa shape index (κ1) is 16.1. The van der Waals surface area contributed by atoms with Crippen LogP contribution in [0.2, 0.25) is 0 Å². The highest BCUT2D eigenvalue weighted by atomic mass is 14.7. The Balaban J connectivity index is 1.80. The van der Waals surface area contributed by atoms with E-state index in [9.17, 15) is 0 Å². The molecule has 0 aliphatic heterocycles. The van der Waals surface area contributed by atoms with Crippen LogP contribution in [-0.2, 0) is 0 Å². The van der Waals surface area contributed by atoms with Crippen LogP contribution in [0.3, 0.4) is 0 Å². The molecule has 1 aromatic heterocycles. The molecule has 1 saturated carbocycles. The van der Waals surface area contributed by atoms with Gasteiger partial charge in [-0.3, -0.25) is 4.98 Å². The van der Waals surface area contributed by atoms with Gasteiger partial charge in [-0.1, -0.05) is 80.4 Å². The van der Waals surface area contributed by atoms with E-state index in [4.69, 9.17) is 4.98 Å². The molecular formula is C24H25N. The van der Waals surface area contributed by atoms with Crippen molar-refractivity contribution in [3.05, 3.63) is 78.5 Å². The highest BCUT2D eigenvalue weighted by molar-refractivity contribution is 5.73. The molecule has 3 aromatic rings. The third kappa shape index (κ3) is 3.37. The van der Waals surface area contributed by atoms with E-state index >= 15 is 0 Å². The standard InChI is InChI=1S/C24H25N/c1-18(19-10-8-9-11-19)23-17-25-24(21-14-6-3-7-15-21)16-22(23)20-12-4-2-5-13-20/h2-7,12-19H,8-11H2,1H3. The highest BCUT2D eigenvalue weighted by Gasteiger charge is 2.25. The van der Waals surface area contributed by atoms with E-state index in [1.165, 1.54) is 47.9 Å². The summed E-state index contributed by atoms with van der Waals surface area (Å²) in [5, 5.41) is 0. The van der Waals surface area contributed by atoms with Crippen molar-refractivity contribution in [1.82, 2.24) is 4.98 Å². The Labute approximate surface area is 150 Å². The lowest BCUT2D eigenvalue weighted by atomic mass is 9.83. The zero-order chi connectivity index (χ0) is 17.1. The fourth-order valence-corrected chi connectivity index (χ4v) is 4.17. The molecule has 1 nitrogen and oxygen atoms in total. The first-order valence-electron chi connectivity index (χ1n) is 9.44. The molecule has 2 aromatic carbocycles. The van der Waals surface area contributed by atoms with E-state index in [0.717, 1.165) is 11.6 Å². The molecule has 1 heterocycles. The van der Waals surface area contributed by atoms with Gasteiger partial charge < -0.3 is 0 Å². The maximum absolute atomic E-state index is 4.83. The number of benzene rings is 2. The Bertz CT molecular complexity index is 817. The number of hydrogen-bond donors (Lipinski definition) is 0. The Morgan fingerprint density at radius 2 is 1.44 bits per heavy atom. The summed E-state index contributed by atoms with van der Waals surface area (Å²) in [7, 11) is 0. The van der Waals surface area contributed by atoms with Crippen LogP contribution in [0.5, 0.6) is 0 Å². The van der Waals surface area contributed by atoms with Gasteiger partial charge >= 0.3 is 0 Å². The fourth-order valence-electron chi connectivity index (χ4n) is 4.17. The van der Waals surface area contributed by atoms with Gasteiger partial charge in [-0.15, -0.1) is 0 Å². The lowest BCUT2D eigenvalue weighted by Gasteiger charge is -2.22. The van der Waals surface area contributed by atoms with Crippen molar-refractivity contribution in [3.63, 3.8) is 0 Å². The second kappa shape index (κ2) is 7.23. The van der Waals surface area contributed by atoms with E-state index in [-0.39, 0.29) is 0 Å². The lowest BCUT2D eigenvalue weighted by Crippen LogP contribution is -2.08. The Hall–Kier alpha value is -2.41. The largest absolute Gasteiger partial charge is 0.256 e. The molecule has 0 saturated heterocycles. The third-order valence-corrected chi connectivity index (χ3v) is 5.69. The summed E-state index contributed by atoms with van der Waals surface area (Å²) in [4.78, 5) is 4.83. The molecule has 1 heteroatoms. The lowest BCUT2D eigenvalue weighted by molar-refractivity contribution is 0.461. The smallest absolute Gasteiger partial charge is 0.0708 e. The topological polar surface area (TPSA) is 12.9 Å². The Kier molecular flexibility index (Phi) is 4.65. The van der Waals surface area contributed by atoms with Crippen molar-refractivity contribution in [1.29, 1.82) is 0 Å². The Morgan fingerprint density at radius 1 is 0.840 bits per heavy atom. The number of nitrogens with zero attached hydrogens (tertiary/aromatic N) is 1. The van der Waals surface area contributed by atoms with E-state index in [1.807, 2.05) is 0 Å². The summed E-state index contributed by atoms with van der Waals surface area (Å²) in [6.45, 7) is 2.39. The van der Waals surface area contributed by atoms with Crippen molar-refractivity contribution in [2.75, 3.05) is 0 Å². The average Bonchev–Trinajstić information content (AvgIpc) is 3.23. The molecule has 0 bridgehead atoms. The SMILES string of the molecule is CC(c1cnc(-c2ccccc2)cc1-c1ccccc1)C1CCCC1. The van der Waals surface area contributed by atoms with Gasteiger partial charge in [0.25, 0.3) is 0 Å². The summed E-state index contributed by atoms with van der Waals surface area (Å²) in [6, 6.07) is 23.5. The van der Waals surface area contributed by atoms with Crippen LogP contribution in [0.4, 0.5) is 0 Å². The van der Waals surface area contributed by atoms with Gasteiger partial charge in [0.15, 0.2) is 0 Å². The second-order valence-electron chi connectivity index (χ2n) is 7.22. The number of hydrogen-bond acceptors (Lipinski definition) is 1. The molecule has 1 aliphatic carbocycles. The first-order chi connectivity index (χ1) is 12.3. The van der Waals surface area contributed by atoms with Gasteiger partial charge in [0, 0.05) is 11.8 Å². The number of aromatic nitrogens is 1. The summed E-state index contributed by atoms with van der Waals surface area (Å²) in [5.74, 6) is 1.36. The maximum Gasteiger partial charge on any atom is 0.0708 e. The Morgan fingerprint density at radius 3 is 2.08 bits per heavy atom. The zero-order valence-corrected chi connectivity index (χ0v) is 14.9. The molecule has 25 heavy (non-hydrogen) atoms. The zero-order valence-electron chi connectivity index (χ0n) is 14.9. The highest BCUT2D eigenvalue weighted by Crippen LogP contribution is 2.41. The molecule has 1 atom stereocenters. The minimum atomic E-state index is 0.565. The predicted molar refractivity (Wildman–Crippen MR) is 105 cm³/mol. The van der Waals surface area contributed by atoms with Crippen molar-refractivity contribution >= 4 is 0 Å². The molecule has 0 radical (unpaired) electrons. The predicted octanol–water partition coefficient (Wildman–Crippen LogP) is 6.71. The van der Waals surface area contributed by atoms with Crippen LogP contribution in [0.15, 0.2) is 72.9 Å². The van der Waals surface area contributed by atoms with E-state index in [1.54, 1.807) is 0 Å². The first-order valence-corrected chi connectivity index (χ1v) is 9.44. The molecule has 1 fully saturated rings. The molecule has 126 valence electrons. The number of rotatable bonds is 4. The summed E-state index contributed by atoms with van der Waals surface area (Å²) in [5.41, 5.74) is 6.27. The van der Waals surface area contributed by atoms with Crippen LogP contribution in [-0.4, -0.2) is 4.98 Å². The molecule has 1 unspecified atom stereocenters. The molecule has 0 amide bonds. The maximum atomic E-state index is 4.83. The van der Waals surface area contributed by atoms with E-state index < -0.39 is 0 Å². The van der Waals surface area contributed by atoms with Gasteiger partial charge in [0.05, 0.1) is 5.69 Å². The average molecular weight is 327 g/mol. The second-order valence-corrected chi connectivity index (χ2v) is 7.22. The third-order valence-electron chi connectivity index (χ3n) is 5.69. The van der Waals surface area contributed by atoms with Crippen LogP contribution >= 0.6 is 0 Å². The van der Waals surface area contributed by atoms with Crippen LogP contribution < -0.4 is 0 Å². The minimum Gasteiger partial charge on any atom is -0.256 e. The quantitative estimate of drug-likeness (QED) is 0.519. The van der Waals surface area contributed by atoms with Gasteiger partial charge in [-0.25, -0.2) is 0 Å². The van der Waals surface area contributed by atoms with Crippen molar-refractivity contribution in [2.24, 2.45) is 5.92 Å². The van der Waals surface area contributed by atoms with Gasteiger partial charge in [0.2, 0.25) is 0 Å². The number of pyridine rings is 1. The van der Waals surface area contributed by atoms with Crippen LogP contribution in [0.25, 0.3) is 22.4 Å². The molecule has 0 N–H and O–H groups in total. The monoisotopic (exact) mass is 327 g/mol. The molecule has 0 spiro atoms. The molecule has 4 rings (SSSR count). The van der Waals surface area contributed by atoms with Gasteiger partial charge in [-0.05, 0) is 47.4 Å². The summed E-state index contributed by atoms with van der Waals surface area (Å²) in [6.07, 6.45) is 7.61. The summed E-state index contributed by atoms with van der Waals surface area (Å²) >= 11 is 0. The van der Waals surface area contributed by atoms with Gasteiger partial charge in [0.1, 0.15) is 0 Å².